The number of halogens is 3. The number of likely N-dealkylation sites (tertiary alicyclic amines) is 1. The van der Waals surface area contributed by atoms with Crippen LogP contribution in [0.25, 0.3) is 5.57 Å². The van der Waals surface area contributed by atoms with Gasteiger partial charge in [-0.3, -0.25) is 9.78 Å². The number of benzene rings is 1. The largest absolute Gasteiger partial charge is 0.340 e. The second kappa shape index (κ2) is 7.83. The predicted molar refractivity (Wildman–Crippen MR) is 110 cm³/mol. The maximum Gasteiger partial charge on any atom is 0.255 e. The molecule has 2 heterocycles. The average Bonchev–Trinajstić information content (AvgIpc) is 2.84. The van der Waals surface area contributed by atoms with Gasteiger partial charge in [-0.1, -0.05) is 52.5 Å². The summed E-state index contributed by atoms with van der Waals surface area (Å²) in [5.74, 6) is -0.214. The number of hydrogen-bond donors (Lipinski definition) is 0. The van der Waals surface area contributed by atoms with Gasteiger partial charge in [0.1, 0.15) is 0 Å². The number of aryl methyl sites for hydroxylation is 2. The van der Waals surface area contributed by atoms with Gasteiger partial charge >= 0.3 is 0 Å². The van der Waals surface area contributed by atoms with E-state index in [1.54, 1.807) is 4.90 Å². The van der Waals surface area contributed by atoms with Gasteiger partial charge in [0.25, 0.3) is 5.91 Å². The number of carbonyl (C=O) groups excluding carboxylic acids is 1. The summed E-state index contributed by atoms with van der Waals surface area (Å²) in [5, 5.41) is 0.757. The van der Waals surface area contributed by atoms with Crippen LogP contribution in [0.3, 0.4) is 0 Å². The predicted octanol–water partition coefficient (Wildman–Crippen LogP) is 5.06. The molecule has 2 aliphatic rings. The molecule has 6 heteroatoms. The first-order valence-corrected chi connectivity index (χ1v) is 10.3. The van der Waals surface area contributed by atoms with Crippen LogP contribution >= 0.6 is 34.8 Å². The number of piperidine rings is 1. The first-order chi connectivity index (χ1) is 13.0. The first kappa shape index (κ1) is 18.8. The Morgan fingerprint density at radius 1 is 1.04 bits per heavy atom. The lowest BCUT2D eigenvalue weighted by atomic mass is 9.88. The molecule has 1 aromatic heterocycles. The summed E-state index contributed by atoms with van der Waals surface area (Å²) in [7, 11) is 0. The van der Waals surface area contributed by atoms with Gasteiger partial charge in [-0.15, -0.1) is 0 Å². The second-order valence-electron chi connectivity index (χ2n) is 6.92. The Balaban J connectivity index is 1.78. The Bertz CT molecular complexity index is 913. The molecule has 140 valence electrons. The number of pyridine rings is 1. The normalized spacial score (nSPS) is 16.8. The Hall–Kier alpha value is -1.55. The number of carbonyl (C=O) groups is 1. The van der Waals surface area contributed by atoms with E-state index in [0.29, 0.717) is 13.1 Å². The average molecular weight is 422 g/mol. The highest BCUT2D eigenvalue weighted by atomic mass is 35.5. The SMILES string of the molecule is O=C(C(Cl)Cl)N1CCC(=C2c3ccc(Cl)cc3CCc3cccnc32)CC1. The second-order valence-corrected chi connectivity index (χ2v) is 8.45. The maximum atomic E-state index is 12.1. The van der Waals surface area contributed by atoms with Crippen molar-refractivity contribution in [2.45, 2.75) is 30.5 Å². The van der Waals surface area contributed by atoms with Gasteiger partial charge in [-0.2, -0.15) is 0 Å². The van der Waals surface area contributed by atoms with E-state index in [1.165, 1.54) is 27.8 Å². The first-order valence-electron chi connectivity index (χ1n) is 9.06. The standard InChI is InChI=1S/C21H19Cl3N2O/c22-16-5-6-17-15(12-16)4-3-14-2-1-9-25-19(14)18(17)13-7-10-26(11-8-13)21(27)20(23)24/h1-2,5-6,9,12,20H,3-4,7-8,10-11H2. The monoisotopic (exact) mass is 420 g/mol. The van der Waals surface area contributed by atoms with Crippen molar-refractivity contribution in [1.29, 1.82) is 0 Å². The zero-order valence-corrected chi connectivity index (χ0v) is 17.0. The number of rotatable bonds is 1. The van der Waals surface area contributed by atoms with Gasteiger partial charge in [0.05, 0.1) is 5.69 Å². The minimum atomic E-state index is -0.998. The van der Waals surface area contributed by atoms with Gasteiger partial charge in [0.15, 0.2) is 4.84 Å². The zero-order valence-electron chi connectivity index (χ0n) is 14.7. The summed E-state index contributed by atoms with van der Waals surface area (Å²) in [6.07, 6.45) is 5.32. The topological polar surface area (TPSA) is 33.2 Å². The molecular formula is C21H19Cl3N2O. The van der Waals surface area contributed by atoms with Crippen molar-refractivity contribution in [1.82, 2.24) is 9.88 Å². The van der Waals surface area contributed by atoms with E-state index in [2.05, 4.69) is 18.2 Å². The van der Waals surface area contributed by atoms with E-state index < -0.39 is 4.84 Å². The van der Waals surface area contributed by atoms with Gasteiger partial charge in [-0.25, -0.2) is 0 Å². The van der Waals surface area contributed by atoms with Gasteiger partial charge < -0.3 is 4.90 Å². The molecule has 0 atom stereocenters. The fourth-order valence-corrected chi connectivity index (χ4v) is 4.49. The van der Waals surface area contributed by atoms with Crippen molar-refractivity contribution in [2.24, 2.45) is 0 Å². The van der Waals surface area contributed by atoms with Crippen molar-refractivity contribution < 1.29 is 4.79 Å². The molecule has 27 heavy (non-hydrogen) atoms. The molecule has 4 rings (SSSR count). The molecule has 2 aromatic rings. The molecule has 0 unspecified atom stereocenters. The molecule has 1 aliphatic carbocycles. The van der Waals surface area contributed by atoms with Crippen LogP contribution in [0.1, 0.15) is 35.2 Å². The number of fused-ring (bicyclic) bond motifs is 2. The summed E-state index contributed by atoms with van der Waals surface area (Å²) in [6, 6.07) is 10.3. The molecule has 0 radical (unpaired) electrons. The summed E-state index contributed by atoms with van der Waals surface area (Å²) in [6.45, 7) is 1.25. The van der Waals surface area contributed by atoms with E-state index in [-0.39, 0.29) is 5.91 Å². The van der Waals surface area contributed by atoms with Gasteiger partial charge in [0.2, 0.25) is 0 Å². The lowest BCUT2D eigenvalue weighted by Gasteiger charge is -2.30. The summed E-state index contributed by atoms with van der Waals surface area (Å²) >= 11 is 17.8. The van der Waals surface area contributed by atoms with Crippen LogP contribution in [0.15, 0.2) is 42.1 Å². The molecule has 0 bridgehead atoms. The fraction of sp³-hybridized carbons (Fsp3) is 0.333. The zero-order chi connectivity index (χ0) is 19.0. The fourth-order valence-electron chi connectivity index (χ4n) is 4.02. The van der Waals surface area contributed by atoms with Crippen LogP contribution in [0.2, 0.25) is 5.02 Å². The number of nitrogens with zero attached hydrogens (tertiary/aromatic N) is 2. The summed E-state index contributed by atoms with van der Waals surface area (Å²) in [5.41, 5.74) is 7.30. The highest BCUT2D eigenvalue weighted by molar-refractivity contribution is 6.53. The summed E-state index contributed by atoms with van der Waals surface area (Å²) in [4.78, 5) is 17.6. The number of hydrogen-bond acceptors (Lipinski definition) is 2. The Morgan fingerprint density at radius 3 is 2.52 bits per heavy atom. The quantitative estimate of drug-likeness (QED) is 0.603. The van der Waals surface area contributed by atoms with Gasteiger partial charge in [-0.05, 0) is 60.6 Å². The van der Waals surface area contributed by atoms with Crippen LogP contribution in [0.4, 0.5) is 0 Å². The number of alkyl halides is 2. The van der Waals surface area contributed by atoms with Crippen molar-refractivity contribution >= 4 is 46.3 Å². The Kier molecular flexibility index (Phi) is 5.45. The smallest absolute Gasteiger partial charge is 0.255 e. The van der Waals surface area contributed by atoms with Gasteiger partial charge in [0, 0.05) is 29.9 Å². The Morgan fingerprint density at radius 2 is 1.78 bits per heavy atom. The van der Waals surface area contributed by atoms with Crippen LogP contribution < -0.4 is 0 Å². The lowest BCUT2D eigenvalue weighted by molar-refractivity contribution is -0.129. The third-order valence-electron chi connectivity index (χ3n) is 5.35. The highest BCUT2D eigenvalue weighted by Crippen LogP contribution is 2.38. The van der Waals surface area contributed by atoms with Crippen LogP contribution in [0, 0.1) is 0 Å². The minimum absolute atomic E-state index is 0.214. The molecular weight excluding hydrogens is 403 g/mol. The molecule has 1 amide bonds. The van der Waals surface area contributed by atoms with E-state index in [0.717, 1.165) is 36.4 Å². The molecule has 0 saturated carbocycles. The molecule has 1 aliphatic heterocycles. The lowest BCUT2D eigenvalue weighted by Crippen LogP contribution is -2.39. The molecule has 0 spiro atoms. The highest BCUT2D eigenvalue weighted by Gasteiger charge is 2.28. The minimum Gasteiger partial charge on any atom is -0.340 e. The number of aromatic nitrogens is 1. The van der Waals surface area contributed by atoms with E-state index in [1.807, 2.05) is 18.3 Å². The molecule has 1 saturated heterocycles. The van der Waals surface area contributed by atoms with Crippen molar-refractivity contribution in [3.05, 3.63) is 69.5 Å². The molecule has 0 N–H and O–H groups in total. The Labute approximate surface area is 173 Å². The van der Waals surface area contributed by atoms with Crippen LogP contribution in [0.5, 0.6) is 0 Å². The molecule has 1 fully saturated rings. The van der Waals surface area contributed by atoms with E-state index in [4.69, 9.17) is 39.8 Å². The van der Waals surface area contributed by atoms with Crippen LogP contribution in [-0.2, 0) is 17.6 Å². The third-order valence-corrected chi connectivity index (χ3v) is 5.96. The third kappa shape index (κ3) is 3.73. The molecule has 1 aromatic carbocycles. The van der Waals surface area contributed by atoms with E-state index in [9.17, 15) is 4.79 Å². The van der Waals surface area contributed by atoms with E-state index >= 15 is 0 Å². The van der Waals surface area contributed by atoms with Crippen molar-refractivity contribution in [3.63, 3.8) is 0 Å². The number of amides is 1. The molecule has 3 nitrogen and oxygen atoms in total. The van der Waals surface area contributed by atoms with Crippen molar-refractivity contribution in [2.75, 3.05) is 13.1 Å². The van der Waals surface area contributed by atoms with Crippen LogP contribution in [-0.4, -0.2) is 33.7 Å². The maximum absolute atomic E-state index is 12.1. The van der Waals surface area contributed by atoms with Crippen molar-refractivity contribution in [3.8, 4) is 0 Å². The summed E-state index contributed by atoms with van der Waals surface area (Å²) < 4.78 is 0.